The Morgan fingerprint density at radius 2 is 1.89 bits per heavy atom. The summed E-state index contributed by atoms with van der Waals surface area (Å²) < 4.78 is 6.04. The van der Waals surface area contributed by atoms with Crippen molar-refractivity contribution < 1.29 is 4.74 Å². The molecule has 0 aromatic rings. The molecule has 1 saturated heterocycles. The highest BCUT2D eigenvalue weighted by molar-refractivity contribution is 5.09. The summed E-state index contributed by atoms with van der Waals surface area (Å²) >= 11 is 0. The Balaban J connectivity index is 2.28. The molecule has 1 aliphatic heterocycles. The second-order valence-electron chi connectivity index (χ2n) is 7.54. The van der Waals surface area contributed by atoms with Crippen LogP contribution in [0.1, 0.15) is 53.9 Å². The molecule has 0 aromatic heterocycles. The maximum absolute atomic E-state index is 6.23. The quantitative estimate of drug-likeness (QED) is 0.822. The smallest absolute Gasteiger partial charge is 0.0757 e. The zero-order valence-electron chi connectivity index (χ0n) is 12.8. The average molecular weight is 254 g/mol. The van der Waals surface area contributed by atoms with E-state index in [9.17, 15) is 0 Å². The van der Waals surface area contributed by atoms with Gasteiger partial charge in [0.15, 0.2) is 0 Å². The van der Waals surface area contributed by atoms with Gasteiger partial charge in [-0.3, -0.25) is 4.90 Å². The second kappa shape index (κ2) is 4.46. The van der Waals surface area contributed by atoms with Crippen LogP contribution in [0.4, 0.5) is 0 Å². The molecular weight excluding hydrogens is 224 g/mol. The van der Waals surface area contributed by atoms with Crippen LogP contribution in [0.15, 0.2) is 0 Å². The first-order valence-electron chi connectivity index (χ1n) is 7.35. The SMILES string of the molecule is CC1CN(C2(CN)CCCC2(C)C)CC(C)(C)O1. The van der Waals surface area contributed by atoms with Crippen molar-refractivity contribution in [3.8, 4) is 0 Å². The lowest BCUT2D eigenvalue weighted by Gasteiger charge is -2.55. The fourth-order valence-corrected chi connectivity index (χ4v) is 4.27. The van der Waals surface area contributed by atoms with Crippen molar-refractivity contribution in [3.05, 3.63) is 0 Å². The van der Waals surface area contributed by atoms with E-state index in [0.717, 1.165) is 19.6 Å². The van der Waals surface area contributed by atoms with E-state index in [1.807, 2.05) is 0 Å². The lowest BCUT2D eigenvalue weighted by molar-refractivity contribution is -0.164. The number of hydrogen-bond donors (Lipinski definition) is 1. The van der Waals surface area contributed by atoms with Crippen LogP contribution in [0.5, 0.6) is 0 Å². The van der Waals surface area contributed by atoms with Crippen LogP contribution in [-0.4, -0.2) is 41.8 Å². The number of nitrogens with two attached hydrogens (primary N) is 1. The molecule has 1 heterocycles. The van der Waals surface area contributed by atoms with E-state index in [2.05, 4.69) is 39.5 Å². The number of ether oxygens (including phenoxy) is 1. The highest BCUT2D eigenvalue weighted by atomic mass is 16.5. The van der Waals surface area contributed by atoms with E-state index >= 15 is 0 Å². The van der Waals surface area contributed by atoms with Crippen molar-refractivity contribution in [1.82, 2.24) is 4.90 Å². The van der Waals surface area contributed by atoms with Crippen LogP contribution in [0.25, 0.3) is 0 Å². The molecule has 0 radical (unpaired) electrons. The molecule has 0 amide bonds. The normalized spacial score (nSPS) is 40.0. The van der Waals surface area contributed by atoms with E-state index < -0.39 is 0 Å². The maximum atomic E-state index is 6.23. The molecule has 0 aromatic carbocycles. The van der Waals surface area contributed by atoms with Crippen LogP contribution in [0.3, 0.4) is 0 Å². The summed E-state index contributed by atoms with van der Waals surface area (Å²) in [4.78, 5) is 2.63. The van der Waals surface area contributed by atoms with Crippen LogP contribution in [0, 0.1) is 5.41 Å². The minimum atomic E-state index is -0.0570. The van der Waals surface area contributed by atoms with Crippen molar-refractivity contribution in [3.63, 3.8) is 0 Å². The predicted octanol–water partition coefficient (Wildman–Crippen LogP) is 2.39. The molecular formula is C15H30N2O. The number of hydrogen-bond acceptors (Lipinski definition) is 3. The van der Waals surface area contributed by atoms with Gasteiger partial charge in [0, 0.05) is 25.2 Å². The zero-order chi connectivity index (χ0) is 13.6. The summed E-state index contributed by atoms with van der Waals surface area (Å²) in [6.45, 7) is 14.1. The van der Waals surface area contributed by atoms with E-state index in [4.69, 9.17) is 10.5 Å². The highest BCUT2D eigenvalue weighted by Crippen LogP contribution is 2.50. The molecule has 3 heteroatoms. The van der Waals surface area contributed by atoms with E-state index in [-0.39, 0.29) is 11.1 Å². The third-order valence-corrected chi connectivity index (χ3v) is 5.16. The summed E-state index contributed by atoms with van der Waals surface area (Å²) in [7, 11) is 0. The molecule has 2 aliphatic rings. The van der Waals surface area contributed by atoms with E-state index in [1.54, 1.807) is 0 Å². The molecule has 2 rings (SSSR count). The minimum Gasteiger partial charge on any atom is -0.370 e. The van der Waals surface area contributed by atoms with Gasteiger partial charge >= 0.3 is 0 Å². The van der Waals surface area contributed by atoms with Gasteiger partial charge in [-0.2, -0.15) is 0 Å². The Hall–Kier alpha value is -0.120. The van der Waals surface area contributed by atoms with Crippen LogP contribution >= 0.6 is 0 Å². The molecule has 1 aliphatic carbocycles. The first-order chi connectivity index (χ1) is 8.22. The summed E-state index contributed by atoms with van der Waals surface area (Å²) in [6, 6.07) is 0. The number of morpholine rings is 1. The van der Waals surface area contributed by atoms with Crippen molar-refractivity contribution in [2.45, 2.75) is 71.1 Å². The predicted molar refractivity (Wildman–Crippen MR) is 75.6 cm³/mol. The Labute approximate surface area is 112 Å². The van der Waals surface area contributed by atoms with Crippen molar-refractivity contribution in [2.24, 2.45) is 11.1 Å². The molecule has 0 bridgehead atoms. The van der Waals surface area contributed by atoms with Gasteiger partial charge in [0.1, 0.15) is 0 Å². The van der Waals surface area contributed by atoms with Gasteiger partial charge in [-0.05, 0) is 39.0 Å². The van der Waals surface area contributed by atoms with Gasteiger partial charge in [0.25, 0.3) is 0 Å². The molecule has 2 fully saturated rings. The van der Waals surface area contributed by atoms with Gasteiger partial charge in [0.05, 0.1) is 11.7 Å². The summed E-state index contributed by atoms with van der Waals surface area (Å²) in [6.07, 6.45) is 4.13. The summed E-state index contributed by atoms with van der Waals surface area (Å²) in [5, 5.41) is 0. The summed E-state index contributed by atoms with van der Waals surface area (Å²) in [5.41, 5.74) is 6.65. The fraction of sp³-hybridized carbons (Fsp3) is 1.00. The molecule has 1 saturated carbocycles. The van der Waals surface area contributed by atoms with Gasteiger partial charge in [-0.25, -0.2) is 0 Å². The van der Waals surface area contributed by atoms with Gasteiger partial charge in [-0.1, -0.05) is 20.3 Å². The monoisotopic (exact) mass is 254 g/mol. The largest absolute Gasteiger partial charge is 0.370 e. The Morgan fingerprint density at radius 3 is 2.33 bits per heavy atom. The number of rotatable bonds is 2. The summed E-state index contributed by atoms with van der Waals surface area (Å²) in [5.74, 6) is 0. The maximum Gasteiger partial charge on any atom is 0.0757 e. The zero-order valence-corrected chi connectivity index (χ0v) is 12.8. The molecule has 2 N–H and O–H groups in total. The molecule has 3 nitrogen and oxygen atoms in total. The Morgan fingerprint density at radius 1 is 1.22 bits per heavy atom. The lowest BCUT2D eigenvalue weighted by atomic mass is 9.72. The minimum absolute atomic E-state index is 0.0570. The Kier molecular flexibility index (Phi) is 3.54. The topological polar surface area (TPSA) is 38.5 Å². The first-order valence-corrected chi connectivity index (χ1v) is 7.35. The molecule has 106 valence electrons. The average Bonchev–Trinajstić information content (AvgIpc) is 2.51. The van der Waals surface area contributed by atoms with Gasteiger partial charge in [0.2, 0.25) is 0 Å². The number of nitrogens with zero attached hydrogens (tertiary/aromatic N) is 1. The molecule has 2 atom stereocenters. The third-order valence-electron chi connectivity index (χ3n) is 5.16. The molecule has 2 unspecified atom stereocenters. The highest BCUT2D eigenvalue weighted by Gasteiger charge is 2.53. The standard InChI is InChI=1S/C15H30N2O/c1-12-9-17(11-14(4,5)18-12)15(10-16)8-6-7-13(15,2)3/h12H,6-11,16H2,1-5H3. The fourth-order valence-electron chi connectivity index (χ4n) is 4.27. The first kappa shape index (κ1) is 14.3. The van der Waals surface area contributed by atoms with Crippen LogP contribution in [-0.2, 0) is 4.74 Å². The second-order valence-corrected chi connectivity index (χ2v) is 7.54. The third kappa shape index (κ3) is 2.21. The van der Waals surface area contributed by atoms with Crippen LogP contribution < -0.4 is 5.73 Å². The lowest BCUT2D eigenvalue weighted by Crippen LogP contribution is -2.66. The van der Waals surface area contributed by atoms with E-state index in [1.165, 1.54) is 19.3 Å². The van der Waals surface area contributed by atoms with E-state index in [0.29, 0.717) is 11.5 Å². The van der Waals surface area contributed by atoms with Gasteiger partial charge in [-0.15, -0.1) is 0 Å². The van der Waals surface area contributed by atoms with Crippen molar-refractivity contribution >= 4 is 0 Å². The van der Waals surface area contributed by atoms with Crippen molar-refractivity contribution in [1.29, 1.82) is 0 Å². The molecule has 0 spiro atoms. The van der Waals surface area contributed by atoms with Crippen LogP contribution in [0.2, 0.25) is 0 Å². The van der Waals surface area contributed by atoms with Crippen molar-refractivity contribution in [2.75, 3.05) is 19.6 Å². The molecule has 18 heavy (non-hydrogen) atoms. The Bertz CT molecular complexity index is 314. The van der Waals surface area contributed by atoms with Gasteiger partial charge < -0.3 is 10.5 Å².